The average molecular weight is 611 g/mol. The number of rotatable bonds is 13. The van der Waals surface area contributed by atoms with Crippen molar-refractivity contribution in [2.45, 2.75) is 70.6 Å². The smallest absolute Gasteiger partial charge is 0.328 e. The van der Waals surface area contributed by atoms with Crippen LogP contribution in [0.25, 0.3) is 11.1 Å². The number of nitrogens with one attached hydrogen (secondary N) is 1. The summed E-state index contributed by atoms with van der Waals surface area (Å²) in [7, 11) is 1.33. The Hall–Kier alpha value is -2.88. The molecule has 2 amide bonds. The van der Waals surface area contributed by atoms with Crippen molar-refractivity contribution in [1.29, 1.82) is 0 Å². The van der Waals surface area contributed by atoms with Gasteiger partial charge < -0.3 is 24.4 Å². The van der Waals surface area contributed by atoms with E-state index in [4.69, 9.17) is 14.2 Å². The molecule has 9 heteroatoms. The Morgan fingerprint density at radius 3 is 2.49 bits per heavy atom. The zero-order valence-corrected chi connectivity index (χ0v) is 26.6. The number of esters is 1. The molecule has 2 atom stereocenters. The van der Waals surface area contributed by atoms with Gasteiger partial charge in [0.1, 0.15) is 12.1 Å². The largest absolute Gasteiger partial charge is 0.467 e. The highest BCUT2D eigenvalue weighted by molar-refractivity contribution is 7.98. The van der Waals surface area contributed by atoms with Gasteiger partial charge in [0.15, 0.2) is 0 Å². The molecule has 0 spiro atoms. The summed E-state index contributed by atoms with van der Waals surface area (Å²) >= 11 is 1.61. The van der Waals surface area contributed by atoms with Gasteiger partial charge in [-0.05, 0) is 72.1 Å². The molecule has 1 N–H and O–H groups in total. The van der Waals surface area contributed by atoms with E-state index in [2.05, 4.69) is 5.32 Å². The van der Waals surface area contributed by atoms with Gasteiger partial charge in [-0.3, -0.25) is 9.59 Å². The van der Waals surface area contributed by atoms with Gasteiger partial charge in [-0.15, -0.1) is 0 Å². The summed E-state index contributed by atoms with van der Waals surface area (Å²) < 4.78 is 16.9. The lowest BCUT2D eigenvalue weighted by molar-refractivity contribution is -0.150. The second-order valence-corrected chi connectivity index (χ2v) is 12.5. The molecule has 4 rings (SSSR count). The number of methoxy groups -OCH3 is 1. The van der Waals surface area contributed by atoms with E-state index in [1.807, 2.05) is 54.5 Å². The van der Waals surface area contributed by atoms with Crippen molar-refractivity contribution in [3.8, 4) is 11.1 Å². The van der Waals surface area contributed by atoms with E-state index in [1.165, 1.54) is 26.4 Å². The predicted molar refractivity (Wildman–Crippen MR) is 170 cm³/mol. The number of amides is 2. The normalized spacial score (nSPS) is 17.2. The van der Waals surface area contributed by atoms with E-state index in [0.29, 0.717) is 50.0 Å². The van der Waals surface area contributed by atoms with Crippen molar-refractivity contribution < 1.29 is 28.6 Å². The molecule has 0 radical (unpaired) electrons. The number of hydrogen-bond acceptors (Lipinski definition) is 7. The fourth-order valence-electron chi connectivity index (χ4n) is 5.99. The summed E-state index contributed by atoms with van der Waals surface area (Å²) in [6, 6.07) is 12.8. The predicted octanol–water partition coefficient (Wildman–Crippen LogP) is 5.40. The highest BCUT2D eigenvalue weighted by Crippen LogP contribution is 2.31. The van der Waals surface area contributed by atoms with Crippen LogP contribution in [0.5, 0.6) is 0 Å². The lowest BCUT2D eigenvalue weighted by Crippen LogP contribution is -2.47. The highest BCUT2D eigenvalue weighted by atomic mass is 32.2. The van der Waals surface area contributed by atoms with Crippen molar-refractivity contribution in [2.75, 3.05) is 45.4 Å². The molecule has 1 saturated heterocycles. The second kappa shape index (κ2) is 16.8. The number of ether oxygens (including phenoxy) is 3. The number of carbonyl (C=O) groups is 3. The average Bonchev–Trinajstić information content (AvgIpc) is 3.05. The van der Waals surface area contributed by atoms with Gasteiger partial charge >= 0.3 is 5.97 Å². The molecule has 43 heavy (non-hydrogen) atoms. The van der Waals surface area contributed by atoms with Crippen molar-refractivity contribution in [2.24, 2.45) is 5.92 Å². The van der Waals surface area contributed by atoms with E-state index >= 15 is 0 Å². The van der Waals surface area contributed by atoms with Crippen LogP contribution in [0, 0.1) is 12.8 Å². The zero-order chi connectivity index (χ0) is 30.6. The van der Waals surface area contributed by atoms with Gasteiger partial charge in [-0.1, -0.05) is 62.4 Å². The Balaban J connectivity index is 1.57. The Kier molecular flexibility index (Phi) is 12.9. The van der Waals surface area contributed by atoms with E-state index in [-0.39, 0.29) is 18.4 Å². The molecule has 0 bridgehead atoms. The standard InChI is InChI=1S/C34H46N2O6S/c1-24-9-7-8-12-27(24)29-21-26(13-14-28(29)32(37)35-30(15-20-43-3)34(39)40-2)23-42-31(22-25-10-5-4-6-11-25)33(38)36-16-18-41-19-17-36/h7-9,12-14,21,25,30-31H,4-6,10-11,15-20,22-23H2,1-3H3,(H,35,37)/t30-,31-/m0/s1. The molecule has 0 unspecified atom stereocenters. The van der Waals surface area contributed by atoms with Gasteiger partial charge in [-0.25, -0.2) is 4.79 Å². The number of hydrogen-bond donors (Lipinski definition) is 1. The van der Waals surface area contributed by atoms with Gasteiger partial charge in [0.2, 0.25) is 0 Å². The molecule has 2 fully saturated rings. The van der Waals surface area contributed by atoms with Crippen LogP contribution >= 0.6 is 11.8 Å². The topological polar surface area (TPSA) is 94.2 Å². The number of thioether (sulfide) groups is 1. The number of morpholine rings is 1. The minimum absolute atomic E-state index is 0.0445. The van der Waals surface area contributed by atoms with Crippen LogP contribution in [0.15, 0.2) is 42.5 Å². The minimum Gasteiger partial charge on any atom is -0.467 e. The van der Waals surface area contributed by atoms with Crippen molar-refractivity contribution in [3.63, 3.8) is 0 Å². The molecule has 234 valence electrons. The van der Waals surface area contributed by atoms with Crippen LogP contribution in [-0.4, -0.2) is 80.3 Å². The summed E-state index contributed by atoms with van der Waals surface area (Å²) in [5.41, 5.74) is 4.06. The summed E-state index contributed by atoms with van der Waals surface area (Å²) in [5.74, 6) is 0.458. The van der Waals surface area contributed by atoms with Gasteiger partial charge in [0, 0.05) is 18.7 Å². The third-order valence-electron chi connectivity index (χ3n) is 8.49. The molecular weight excluding hydrogens is 564 g/mol. The molecular formula is C34H46N2O6S. The molecule has 0 aromatic heterocycles. The molecule has 8 nitrogen and oxygen atoms in total. The van der Waals surface area contributed by atoms with E-state index in [0.717, 1.165) is 41.5 Å². The SMILES string of the molecule is COC(=O)[C@H](CCSC)NC(=O)c1ccc(CO[C@@H](CC2CCCCC2)C(=O)N2CCOCC2)cc1-c1ccccc1C. The van der Waals surface area contributed by atoms with Crippen molar-refractivity contribution in [1.82, 2.24) is 10.2 Å². The summed E-state index contributed by atoms with van der Waals surface area (Å²) in [6.45, 7) is 4.56. The zero-order valence-electron chi connectivity index (χ0n) is 25.8. The van der Waals surface area contributed by atoms with Crippen molar-refractivity contribution in [3.05, 3.63) is 59.2 Å². The Morgan fingerprint density at radius 1 is 1.05 bits per heavy atom. The van der Waals surface area contributed by atoms with Gasteiger partial charge in [-0.2, -0.15) is 11.8 Å². The first-order valence-corrected chi connectivity index (χ1v) is 16.8. The molecule has 1 heterocycles. The highest BCUT2D eigenvalue weighted by Gasteiger charge is 2.30. The molecule has 1 aliphatic carbocycles. The number of carbonyl (C=O) groups excluding carboxylic acids is 3. The monoisotopic (exact) mass is 610 g/mol. The Labute approximate surface area is 260 Å². The third-order valence-corrected chi connectivity index (χ3v) is 9.13. The van der Waals surface area contributed by atoms with Crippen LogP contribution in [-0.2, 0) is 30.4 Å². The maximum Gasteiger partial charge on any atom is 0.328 e. The maximum absolute atomic E-state index is 13.6. The van der Waals surface area contributed by atoms with Gasteiger partial charge in [0.05, 0.1) is 26.9 Å². The fraction of sp³-hybridized carbons (Fsp3) is 0.559. The molecule has 1 saturated carbocycles. The van der Waals surface area contributed by atoms with Gasteiger partial charge in [0.25, 0.3) is 11.8 Å². The van der Waals surface area contributed by atoms with Crippen LogP contribution < -0.4 is 5.32 Å². The Morgan fingerprint density at radius 2 is 1.79 bits per heavy atom. The number of aryl methyl sites for hydroxylation is 1. The molecule has 1 aliphatic heterocycles. The summed E-state index contributed by atoms with van der Waals surface area (Å²) in [5, 5.41) is 2.90. The minimum atomic E-state index is -0.732. The summed E-state index contributed by atoms with van der Waals surface area (Å²) in [6.07, 6.45) is 8.61. The third kappa shape index (κ3) is 9.30. The number of nitrogens with zero attached hydrogens (tertiary/aromatic N) is 1. The first-order chi connectivity index (χ1) is 20.9. The van der Waals surface area contributed by atoms with E-state index in [1.54, 1.807) is 17.8 Å². The van der Waals surface area contributed by atoms with E-state index in [9.17, 15) is 14.4 Å². The van der Waals surface area contributed by atoms with Crippen LogP contribution in [0.2, 0.25) is 0 Å². The van der Waals surface area contributed by atoms with E-state index < -0.39 is 18.1 Å². The van der Waals surface area contributed by atoms with Crippen LogP contribution in [0.1, 0.15) is 66.4 Å². The lowest BCUT2D eigenvalue weighted by atomic mass is 9.85. The molecule has 2 aromatic rings. The summed E-state index contributed by atoms with van der Waals surface area (Å²) in [4.78, 5) is 41.5. The molecule has 2 aliphatic rings. The second-order valence-electron chi connectivity index (χ2n) is 11.5. The van der Waals surface area contributed by atoms with Crippen LogP contribution in [0.3, 0.4) is 0 Å². The first kappa shape index (κ1) is 33.0. The first-order valence-electron chi connectivity index (χ1n) is 15.5. The Bertz CT molecular complexity index is 1230. The quantitative estimate of drug-likeness (QED) is 0.304. The maximum atomic E-state index is 13.6. The fourth-order valence-corrected chi connectivity index (χ4v) is 6.46. The van der Waals surface area contributed by atoms with Crippen molar-refractivity contribution >= 4 is 29.5 Å². The molecule has 2 aromatic carbocycles. The van der Waals surface area contributed by atoms with Crippen LogP contribution in [0.4, 0.5) is 0 Å². The number of benzene rings is 2. The lowest BCUT2D eigenvalue weighted by Gasteiger charge is -2.32.